The van der Waals surface area contributed by atoms with Crippen LogP contribution in [0.3, 0.4) is 0 Å². The van der Waals surface area contributed by atoms with Gasteiger partial charge in [-0.2, -0.15) is 0 Å². The summed E-state index contributed by atoms with van der Waals surface area (Å²) in [5.74, 6) is -1.48. The van der Waals surface area contributed by atoms with Crippen LogP contribution in [0, 0.1) is 21.7 Å². The molecule has 0 aliphatic rings. The van der Waals surface area contributed by atoms with Crippen molar-refractivity contribution < 1.29 is 18.5 Å². The van der Waals surface area contributed by atoms with Gasteiger partial charge in [0.2, 0.25) is 5.91 Å². The van der Waals surface area contributed by atoms with Gasteiger partial charge in [-0.05, 0) is 36.4 Å². The fraction of sp³-hybridized carbons (Fsp3) is 0.0476. The normalized spacial score (nSPS) is 10.9. The number of imidazole rings is 1. The predicted molar refractivity (Wildman–Crippen MR) is 107 cm³/mol. The Labute approximate surface area is 168 Å². The van der Waals surface area contributed by atoms with Gasteiger partial charge < -0.3 is 10.3 Å². The molecule has 9 heteroatoms. The number of amides is 1. The van der Waals surface area contributed by atoms with E-state index in [9.17, 15) is 23.7 Å². The highest BCUT2D eigenvalue weighted by molar-refractivity contribution is 5.95. The van der Waals surface area contributed by atoms with E-state index >= 15 is 0 Å². The number of H-pyrrole nitrogens is 1. The predicted octanol–water partition coefficient (Wildman–Crippen LogP) is 4.60. The lowest BCUT2D eigenvalue weighted by atomic mass is 10.1. The van der Waals surface area contributed by atoms with E-state index in [0.717, 1.165) is 18.2 Å². The van der Waals surface area contributed by atoms with Crippen LogP contribution in [0.5, 0.6) is 0 Å². The highest BCUT2D eigenvalue weighted by Gasteiger charge is 2.16. The van der Waals surface area contributed by atoms with Gasteiger partial charge in [0.05, 0.1) is 27.9 Å². The Morgan fingerprint density at radius 2 is 1.90 bits per heavy atom. The van der Waals surface area contributed by atoms with Crippen LogP contribution in [0.4, 0.5) is 20.2 Å². The maximum atomic E-state index is 14.0. The van der Waals surface area contributed by atoms with Crippen molar-refractivity contribution in [1.29, 1.82) is 0 Å². The minimum absolute atomic E-state index is 0.00632. The molecule has 0 bridgehead atoms. The van der Waals surface area contributed by atoms with Gasteiger partial charge in [0.25, 0.3) is 5.69 Å². The number of nitro benzene ring substituents is 1. The molecule has 3 aromatic carbocycles. The van der Waals surface area contributed by atoms with Gasteiger partial charge in [0.1, 0.15) is 17.5 Å². The molecule has 0 atom stereocenters. The van der Waals surface area contributed by atoms with Gasteiger partial charge in [0, 0.05) is 17.3 Å². The van der Waals surface area contributed by atoms with E-state index in [1.807, 2.05) is 0 Å². The van der Waals surface area contributed by atoms with Crippen molar-refractivity contribution in [3.05, 3.63) is 88.0 Å². The number of aromatic nitrogens is 2. The molecule has 0 aliphatic heterocycles. The molecule has 150 valence electrons. The summed E-state index contributed by atoms with van der Waals surface area (Å²) in [6, 6.07) is 13.9. The van der Waals surface area contributed by atoms with Crippen LogP contribution in [0.1, 0.15) is 5.56 Å². The summed E-state index contributed by atoms with van der Waals surface area (Å²) in [6.45, 7) is 0. The number of fused-ring (bicyclic) bond motifs is 1. The minimum Gasteiger partial charge on any atom is -0.338 e. The topological polar surface area (TPSA) is 101 Å². The average Bonchev–Trinajstić information content (AvgIpc) is 3.13. The third kappa shape index (κ3) is 3.86. The summed E-state index contributed by atoms with van der Waals surface area (Å²) in [7, 11) is 0. The molecule has 4 aromatic rings. The molecule has 30 heavy (non-hydrogen) atoms. The van der Waals surface area contributed by atoms with Crippen LogP contribution in [-0.2, 0) is 11.2 Å². The van der Waals surface area contributed by atoms with E-state index in [2.05, 4.69) is 15.3 Å². The number of hydrogen-bond donors (Lipinski definition) is 2. The minimum atomic E-state index is -0.617. The maximum absolute atomic E-state index is 14.0. The number of carbonyl (C=O) groups excluding carboxylic acids is 1. The Bertz CT molecular complexity index is 1290. The van der Waals surface area contributed by atoms with E-state index < -0.39 is 22.5 Å². The highest BCUT2D eigenvalue weighted by atomic mass is 19.1. The monoisotopic (exact) mass is 408 g/mol. The number of nitrogens with zero attached hydrogens (tertiary/aromatic N) is 2. The van der Waals surface area contributed by atoms with E-state index in [1.165, 1.54) is 18.2 Å². The summed E-state index contributed by atoms with van der Waals surface area (Å²) in [6.07, 6.45) is -0.169. The molecular formula is C21H14F2N4O3. The number of halogens is 2. The first-order chi connectivity index (χ1) is 14.4. The molecule has 0 radical (unpaired) electrons. The largest absolute Gasteiger partial charge is 0.338 e. The van der Waals surface area contributed by atoms with Gasteiger partial charge in [-0.1, -0.05) is 18.2 Å². The van der Waals surface area contributed by atoms with Gasteiger partial charge >= 0.3 is 0 Å². The van der Waals surface area contributed by atoms with E-state index in [4.69, 9.17) is 0 Å². The molecule has 1 amide bonds. The summed E-state index contributed by atoms with van der Waals surface area (Å²) < 4.78 is 27.5. The van der Waals surface area contributed by atoms with Crippen LogP contribution in [-0.4, -0.2) is 20.8 Å². The van der Waals surface area contributed by atoms with Crippen LogP contribution >= 0.6 is 0 Å². The number of rotatable bonds is 5. The van der Waals surface area contributed by atoms with Crippen LogP contribution in [0.15, 0.2) is 60.7 Å². The number of anilines is 1. The van der Waals surface area contributed by atoms with Gasteiger partial charge in [-0.15, -0.1) is 0 Å². The molecule has 0 spiro atoms. The summed E-state index contributed by atoms with van der Waals surface area (Å²) >= 11 is 0. The lowest BCUT2D eigenvalue weighted by Crippen LogP contribution is -2.15. The van der Waals surface area contributed by atoms with Crippen molar-refractivity contribution >= 4 is 28.3 Å². The summed E-state index contributed by atoms with van der Waals surface area (Å²) in [5.41, 5.74) is 1.61. The average molecular weight is 408 g/mol. The van der Waals surface area contributed by atoms with Crippen molar-refractivity contribution in [2.24, 2.45) is 0 Å². The maximum Gasteiger partial charge on any atom is 0.273 e. The molecule has 7 nitrogen and oxygen atoms in total. The van der Waals surface area contributed by atoms with Gasteiger partial charge in [-0.3, -0.25) is 14.9 Å². The number of nitrogens with one attached hydrogen (secondary N) is 2. The zero-order valence-electron chi connectivity index (χ0n) is 15.4. The SMILES string of the molecule is O=C(Cc1ccccc1[N+](=O)[O-])Nc1ccc2nc(-c3cc(F)ccc3F)[nH]c2c1. The van der Waals surface area contributed by atoms with E-state index in [0.29, 0.717) is 22.3 Å². The Morgan fingerprint density at radius 1 is 1.10 bits per heavy atom. The number of carbonyl (C=O) groups is 1. The Hall–Kier alpha value is -4.14. The zero-order valence-corrected chi connectivity index (χ0v) is 15.4. The number of aromatic amines is 1. The zero-order chi connectivity index (χ0) is 21.3. The van der Waals surface area contributed by atoms with Crippen LogP contribution < -0.4 is 5.32 Å². The number of para-hydroxylation sites is 1. The fourth-order valence-corrected chi connectivity index (χ4v) is 3.11. The van der Waals surface area contributed by atoms with Crippen molar-refractivity contribution in [3.8, 4) is 11.4 Å². The number of nitro groups is 1. The summed E-state index contributed by atoms with van der Waals surface area (Å²) in [5, 5.41) is 13.8. The third-order valence-corrected chi connectivity index (χ3v) is 4.49. The Balaban J connectivity index is 1.56. The van der Waals surface area contributed by atoms with Crippen molar-refractivity contribution in [1.82, 2.24) is 9.97 Å². The van der Waals surface area contributed by atoms with Gasteiger partial charge in [-0.25, -0.2) is 13.8 Å². The van der Waals surface area contributed by atoms with Crippen LogP contribution in [0.25, 0.3) is 22.4 Å². The van der Waals surface area contributed by atoms with Crippen molar-refractivity contribution in [2.45, 2.75) is 6.42 Å². The fourth-order valence-electron chi connectivity index (χ4n) is 3.11. The molecule has 0 saturated heterocycles. The molecule has 2 N–H and O–H groups in total. The first-order valence-electron chi connectivity index (χ1n) is 8.88. The molecule has 0 fully saturated rings. The first-order valence-corrected chi connectivity index (χ1v) is 8.88. The van der Waals surface area contributed by atoms with Crippen LogP contribution in [0.2, 0.25) is 0 Å². The molecule has 1 aromatic heterocycles. The Morgan fingerprint density at radius 3 is 2.70 bits per heavy atom. The molecule has 0 saturated carbocycles. The summed E-state index contributed by atoms with van der Waals surface area (Å²) in [4.78, 5) is 30.1. The second kappa shape index (κ2) is 7.70. The molecule has 1 heterocycles. The third-order valence-electron chi connectivity index (χ3n) is 4.49. The standard InChI is InChI=1S/C21H14F2N4O3/c22-13-5-7-16(23)15(10-13)21-25-17-8-6-14(11-18(17)26-21)24-20(28)9-12-3-1-2-4-19(12)27(29)30/h1-8,10-11H,9H2,(H,24,28)(H,25,26). The number of hydrogen-bond acceptors (Lipinski definition) is 4. The molecular weight excluding hydrogens is 394 g/mol. The quantitative estimate of drug-likeness (QED) is 0.372. The Kier molecular flexibility index (Phi) is 4.93. The molecule has 0 aliphatic carbocycles. The first kappa shape index (κ1) is 19.2. The lowest BCUT2D eigenvalue weighted by Gasteiger charge is -2.06. The van der Waals surface area contributed by atoms with Crippen molar-refractivity contribution in [2.75, 3.05) is 5.32 Å². The van der Waals surface area contributed by atoms with E-state index in [-0.39, 0.29) is 23.5 Å². The lowest BCUT2D eigenvalue weighted by molar-refractivity contribution is -0.385. The van der Waals surface area contributed by atoms with Crippen molar-refractivity contribution in [3.63, 3.8) is 0 Å². The molecule has 0 unspecified atom stereocenters. The number of benzene rings is 3. The highest BCUT2D eigenvalue weighted by Crippen LogP contribution is 2.26. The second-order valence-electron chi connectivity index (χ2n) is 6.55. The second-order valence-corrected chi connectivity index (χ2v) is 6.55. The van der Waals surface area contributed by atoms with E-state index in [1.54, 1.807) is 24.3 Å². The van der Waals surface area contributed by atoms with Gasteiger partial charge in [0.15, 0.2) is 0 Å². The molecule has 4 rings (SSSR count). The smallest absolute Gasteiger partial charge is 0.273 e.